The van der Waals surface area contributed by atoms with Crippen LogP contribution in [0.5, 0.6) is 23.0 Å². The van der Waals surface area contributed by atoms with Gasteiger partial charge in [-0.05, 0) is 69.2 Å². The standard InChI is InChI=1S/C33H35BrN2O11S/c1-7-43-24-12-19(10-11-22(24)46-16-27(37)42-6)30-29(32(40)45-9-3)18(4)35-33-36(30)31(39)26(48-33)14-20-13-23(41-5)25(15-21(20)34)47-17-28(38)44-8-2/h10-15,30H,7-9,16-17H2,1-6H3/b26-14-/t30-/m0/s1. The van der Waals surface area contributed by atoms with Gasteiger partial charge in [-0.15, -0.1) is 0 Å². The van der Waals surface area contributed by atoms with Crippen molar-refractivity contribution in [3.63, 3.8) is 0 Å². The highest BCUT2D eigenvalue weighted by Crippen LogP contribution is 2.37. The van der Waals surface area contributed by atoms with E-state index in [9.17, 15) is 19.2 Å². The molecule has 1 aliphatic rings. The molecule has 2 aromatic carbocycles. The number of rotatable bonds is 14. The van der Waals surface area contributed by atoms with E-state index in [1.807, 2.05) is 0 Å². The third-order valence-electron chi connectivity index (χ3n) is 6.89. The minimum absolute atomic E-state index is 0.118. The number of nitrogens with zero attached hydrogens (tertiary/aromatic N) is 2. The second-order valence-electron chi connectivity index (χ2n) is 9.92. The lowest BCUT2D eigenvalue weighted by atomic mass is 9.95. The quantitative estimate of drug-likeness (QED) is 0.176. The van der Waals surface area contributed by atoms with Gasteiger partial charge in [0.1, 0.15) is 0 Å². The highest BCUT2D eigenvalue weighted by Gasteiger charge is 2.34. The molecule has 1 aromatic heterocycles. The fourth-order valence-corrected chi connectivity index (χ4v) is 6.27. The Balaban J connectivity index is 1.85. The largest absolute Gasteiger partial charge is 0.493 e. The van der Waals surface area contributed by atoms with E-state index < -0.39 is 29.5 Å². The van der Waals surface area contributed by atoms with E-state index in [-0.39, 0.29) is 44.4 Å². The molecule has 3 aromatic rings. The number of carbonyl (C=O) groups is 3. The highest BCUT2D eigenvalue weighted by atomic mass is 79.9. The number of fused-ring (bicyclic) bond motifs is 1. The van der Waals surface area contributed by atoms with Gasteiger partial charge in [-0.25, -0.2) is 19.4 Å². The molecule has 0 bridgehead atoms. The van der Waals surface area contributed by atoms with Crippen molar-refractivity contribution in [2.24, 2.45) is 4.99 Å². The number of ether oxygens (including phenoxy) is 7. The fourth-order valence-electron chi connectivity index (χ4n) is 4.80. The van der Waals surface area contributed by atoms with Gasteiger partial charge < -0.3 is 33.2 Å². The van der Waals surface area contributed by atoms with Crippen LogP contribution in [0.25, 0.3) is 6.08 Å². The van der Waals surface area contributed by atoms with Crippen molar-refractivity contribution in [1.82, 2.24) is 4.57 Å². The lowest BCUT2D eigenvalue weighted by molar-refractivity contribution is -0.145. The summed E-state index contributed by atoms with van der Waals surface area (Å²) in [6.45, 7) is 6.86. The zero-order valence-electron chi connectivity index (χ0n) is 27.2. The third-order valence-corrected chi connectivity index (χ3v) is 8.56. The van der Waals surface area contributed by atoms with E-state index >= 15 is 0 Å². The van der Waals surface area contributed by atoms with Crippen LogP contribution in [-0.4, -0.2) is 69.7 Å². The first-order valence-electron chi connectivity index (χ1n) is 14.9. The molecule has 2 heterocycles. The van der Waals surface area contributed by atoms with Gasteiger partial charge in [-0.1, -0.05) is 33.3 Å². The number of thiazole rings is 1. The molecule has 0 spiro atoms. The van der Waals surface area contributed by atoms with Gasteiger partial charge in [0.2, 0.25) is 0 Å². The first kappa shape index (κ1) is 36.2. The second kappa shape index (κ2) is 16.5. The first-order chi connectivity index (χ1) is 23.1. The van der Waals surface area contributed by atoms with Gasteiger partial charge in [-0.2, -0.15) is 0 Å². The predicted octanol–water partition coefficient (Wildman–Crippen LogP) is 3.46. The summed E-state index contributed by atoms with van der Waals surface area (Å²) in [4.78, 5) is 56.0. The molecule has 13 nitrogen and oxygen atoms in total. The minimum atomic E-state index is -0.923. The molecule has 0 fully saturated rings. The summed E-state index contributed by atoms with van der Waals surface area (Å²) in [7, 11) is 2.72. The Morgan fingerprint density at radius 1 is 0.896 bits per heavy atom. The number of methoxy groups -OCH3 is 2. The smallest absolute Gasteiger partial charge is 0.344 e. The van der Waals surface area contributed by atoms with E-state index in [1.54, 1.807) is 64.1 Å². The Morgan fingerprint density at radius 3 is 2.25 bits per heavy atom. The topological polar surface area (TPSA) is 150 Å². The van der Waals surface area contributed by atoms with Crippen molar-refractivity contribution in [3.05, 3.63) is 76.9 Å². The number of aromatic nitrogens is 1. The molecular weight excluding hydrogens is 712 g/mol. The predicted molar refractivity (Wildman–Crippen MR) is 178 cm³/mol. The van der Waals surface area contributed by atoms with Crippen LogP contribution in [0.3, 0.4) is 0 Å². The minimum Gasteiger partial charge on any atom is -0.493 e. The SMILES string of the molecule is CCOC(=O)COc1cc(Br)c(/C=c2\sc3n(c2=O)[C@@H](c2ccc(OCC(=O)OC)c(OCC)c2)C(C(=O)OCC)=C(C)N=3)cc1OC. The monoisotopic (exact) mass is 746 g/mol. The second-order valence-corrected chi connectivity index (χ2v) is 11.8. The summed E-state index contributed by atoms with van der Waals surface area (Å²) in [5, 5.41) is 0. The van der Waals surface area contributed by atoms with E-state index in [1.165, 1.54) is 18.8 Å². The molecule has 4 rings (SSSR count). The summed E-state index contributed by atoms with van der Waals surface area (Å²) in [5.41, 5.74) is 1.29. The lowest BCUT2D eigenvalue weighted by Crippen LogP contribution is -2.40. The Morgan fingerprint density at radius 2 is 1.58 bits per heavy atom. The van der Waals surface area contributed by atoms with Crippen molar-refractivity contribution >= 4 is 51.3 Å². The van der Waals surface area contributed by atoms with E-state index in [2.05, 4.69) is 25.7 Å². The van der Waals surface area contributed by atoms with Gasteiger partial charge >= 0.3 is 17.9 Å². The molecule has 0 amide bonds. The van der Waals surface area contributed by atoms with E-state index in [4.69, 9.17) is 28.4 Å². The number of allylic oxidation sites excluding steroid dienone is 1. The molecule has 0 N–H and O–H groups in total. The summed E-state index contributed by atoms with van der Waals surface area (Å²) in [5.74, 6) is -0.490. The molecular formula is C33H35BrN2O11S. The van der Waals surface area contributed by atoms with Crippen LogP contribution in [0.1, 0.15) is 44.9 Å². The van der Waals surface area contributed by atoms with Crippen LogP contribution < -0.4 is 33.8 Å². The lowest BCUT2D eigenvalue weighted by Gasteiger charge is -2.25. The molecule has 0 saturated carbocycles. The maximum absolute atomic E-state index is 14.2. The third kappa shape index (κ3) is 8.08. The van der Waals surface area contributed by atoms with Crippen molar-refractivity contribution < 1.29 is 47.5 Å². The van der Waals surface area contributed by atoms with Gasteiger partial charge in [0.25, 0.3) is 5.56 Å². The Kier molecular flexibility index (Phi) is 12.4. The van der Waals surface area contributed by atoms with Crippen molar-refractivity contribution in [1.29, 1.82) is 0 Å². The number of halogens is 1. The average Bonchev–Trinajstić information content (AvgIpc) is 3.37. The summed E-state index contributed by atoms with van der Waals surface area (Å²) >= 11 is 4.67. The molecule has 1 atom stereocenters. The summed E-state index contributed by atoms with van der Waals surface area (Å²) < 4.78 is 39.9. The van der Waals surface area contributed by atoms with Crippen LogP contribution in [-0.2, 0) is 28.6 Å². The molecule has 48 heavy (non-hydrogen) atoms. The molecule has 0 radical (unpaired) electrons. The van der Waals surface area contributed by atoms with Crippen molar-refractivity contribution in [3.8, 4) is 23.0 Å². The normalized spacial score (nSPS) is 14.1. The molecule has 0 saturated heterocycles. The Bertz CT molecular complexity index is 1910. The summed E-state index contributed by atoms with van der Waals surface area (Å²) in [6, 6.07) is 7.32. The molecule has 15 heteroatoms. The van der Waals surface area contributed by atoms with Crippen LogP contribution in [0.4, 0.5) is 0 Å². The Hall–Kier alpha value is -4.63. The van der Waals surface area contributed by atoms with Crippen molar-refractivity contribution in [2.75, 3.05) is 47.3 Å². The zero-order chi connectivity index (χ0) is 35.0. The van der Waals surface area contributed by atoms with Gasteiger partial charge in [0, 0.05) is 4.47 Å². The maximum Gasteiger partial charge on any atom is 0.344 e. The highest BCUT2D eigenvalue weighted by molar-refractivity contribution is 9.10. The van der Waals surface area contributed by atoms with Gasteiger partial charge in [-0.3, -0.25) is 9.36 Å². The molecule has 1 aliphatic heterocycles. The van der Waals surface area contributed by atoms with Crippen LogP contribution in [0.2, 0.25) is 0 Å². The van der Waals surface area contributed by atoms with Crippen LogP contribution >= 0.6 is 27.3 Å². The van der Waals surface area contributed by atoms with Crippen molar-refractivity contribution in [2.45, 2.75) is 33.7 Å². The van der Waals surface area contributed by atoms with Crippen LogP contribution in [0.15, 0.2) is 55.9 Å². The molecule has 0 unspecified atom stereocenters. The zero-order valence-corrected chi connectivity index (χ0v) is 29.7. The first-order valence-corrected chi connectivity index (χ1v) is 16.5. The number of hydrogen-bond donors (Lipinski definition) is 0. The van der Waals surface area contributed by atoms with Crippen LogP contribution in [0, 0.1) is 0 Å². The van der Waals surface area contributed by atoms with E-state index in [0.717, 1.165) is 11.3 Å². The maximum atomic E-state index is 14.2. The number of carbonyl (C=O) groups excluding carboxylic acids is 3. The number of hydrogen-bond acceptors (Lipinski definition) is 13. The van der Waals surface area contributed by atoms with Gasteiger partial charge in [0.05, 0.1) is 55.9 Å². The fraction of sp³-hybridized carbons (Fsp3) is 0.364. The number of benzene rings is 2. The number of esters is 3. The molecule has 256 valence electrons. The molecule has 0 aliphatic carbocycles. The summed E-state index contributed by atoms with van der Waals surface area (Å²) in [6.07, 6.45) is 1.67. The average molecular weight is 748 g/mol. The Labute approximate surface area is 288 Å². The van der Waals surface area contributed by atoms with Gasteiger partial charge in [0.15, 0.2) is 41.0 Å². The van der Waals surface area contributed by atoms with E-state index in [0.29, 0.717) is 47.9 Å².